The Morgan fingerprint density at radius 1 is 0.963 bits per heavy atom. The number of hydrogen-bond donors (Lipinski definition) is 0. The van der Waals surface area contributed by atoms with Crippen molar-refractivity contribution in [3.05, 3.63) is 85.2 Å². The number of nitrogens with zero attached hydrogens (tertiary/aromatic N) is 1. The Hall–Kier alpha value is -2.09. The van der Waals surface area contributed by atoms with E-state index in [9.17, 15) is 4.79 Å². The zero-order chi connectivity index (χ0) is 19.0. The fourth-order valence-corrected chi connectivity index (χ4v) is 3.48. The lowest BCUT2D eigenvalue weighted by atomic mass is 10.2. The number of carbonyl (C=O) groups excluding carboxylic acids is 1. The molecular formula is C20H10Cl2INO3. The lowest BCUT2D eigenvalue weighted by Gasteiger charge is -2.02. The second kappa shape index (κ2) is 7.50. The highest BCUT2D eigenvalue weighted by Crippen LogP contribution is 2.30. The van der Waals surface area contributed by atoms with Gasteiger partial charge in [0.05, 0.1) is 15.6 Å². The average molecular weight is 510 g/mol. The molecular weight excluding hydrogens is 500 g/mol. The van der Waals surface area contributed by atoms with Gasteiger partial charge in [-0.25, -0.2) is 9.79 Å². The molecule has 4 rings (SSSR count). The Morgan fingerprint density at radius 3 is 2.56 bits per heavy atom. The molecule has 27 heavy (non-hydrogen) atoms. The third-order valence-corrected chi connectivity index (χ3v) is 5.15. The number of aliphatic imine (C=N–C) groups is 1. The number of carbonyl (C=O) groups is 1. The first kappa shape index (κ1) is 18.3. The molecule has 0 fully saturated rings. The Kier molecular flexibility index (Phi) is 5.08. The van der Waals surface area contributed by atoms with Crippen LogP contribution in [0, 0.1) is 3.57 Å². The quantitative estimate of drug-likeness (QED) is 0.240. The fourth-order valence-electron chi connectivity index (χ4n) is 2.56. The topological polar surface area (TPSA) is 51.8 Å². The van der Waals surface area contributed by atoms with Crippen LogP contribution in [0.4, 0.5) is 0 Å². The second-order valence-electron chi connectivity index (χ2n) is 5.64. The van der Waals surface area contributed by atoms with Crippen molar-refractivity contribution in [3.8, 4) is 11.3 Å². The highest BCUT2D eigenvalue weighted by atomic mass is 127. The molecule has 0 unspecified atom stereocenters. The van der Waals surface area contributed by atoms with E-state index in [1.807, 2.05) is 24.3 Å². The zero-order valence-electron chi connectivity index (χ0n) is 13.6. The minimum Gasteiger partial charge on any atom is -0.457 e. The molecule has 0 aliphatic carbocycles. The molecule has 0 atom stereocenters. The first-order valence-corrected chi connectivity index (χ1v) is 9.67. The third kappa shape index (κ3) is 3.81. The first-order valence-electron chi connectivity index (χ1n) is 7.84. The van der Waals surface area contributed by atoms with Gasteiger partial charge >= 0.3 is 5.97 Å². The first-order chi connectivity index (χ1) is 13.0. The van der Waals surface area contributed by atoms with Crippen molar-refractivity contribution in [1.82, 2.24) is 0 Å². The van der Waals surface area contributed by atoms with E-state index in [1.165, 1.54) is 6.08 Å². The number of esters is 1. The van der Waals surface area contributed by atoms with Crippen LogP contribution in [0.3, 0.4) is 0 Å². The number of cyclic esters (lactones) is 1. The summed E-state index contributed by atoms with van der Waals surface area (Å²) in [6.07, 6.45) is 1.53. The van der Waals surface area contributed by atoms with Gasteiger partial charge in [0.2, 0.25) is 5.90 Å². The van der Waals surface area contributed by atoms with E-state index in [0.29, 0.717) is 27.1 Å². The highest BCUT2D eigenvalue weighted by molar-refractivity contribution is 14.1. The van der Waals surface area contributed by atoms with E-state index < -0.39 is 5.97 Å². The van der Waals surface area contributed by atoms with Gasteiger partial charge in [-0.15, -0.1) is 0 Å². The molecule has 7 heteroatoms. The van der Waals surface area contributed by atoms with Crippen LogP contribution in [0.2, 0.25) is 10.0 Å². The summed E-state index contributed by atoms with van der Waals surface area (Å²) in [6, 6.07) is 16.3. The molecule has 1 aliphatic rings. The van der Waals surface area contributed by atoms with Crippen molar-refractivity contribution < 1.29 is 13.9 Å². The van der Waals surface area contributed by atoms with Crippen LogP contribution in [0.15, 0.2) is 69.7 Å². The summed E-state index contributed by atoms with van der Waals surface area (Å²) in [5.41, 5.74) is 1.48. The molecule has 134 valence electrons. The Labute approximate surface area is 178 Å². The largest absolute Gasteiger partial charge is 0.457 e. The minimum atomic E-state index is -0.560. The maximum absolute atomic E-state index is 12.2. The van der Waals surface area contributed by atoms with Gasteiger partial charge < -0.3 is 9.15 Å². The summed E-state index contributed by atoms with van der Waals surface area (Å²) in [5, 5.41) is 1.04. The van der Waals surface area contributed by atoms with Crippen molar-refractivity contribution >= 4 is 63.7 Å². The van der Waals surface area contributed by atoms with Gasteiger partial charge in [0.1, 0.15) is 11.5 Å². The molecule has 0 saturated heterocycles. The lowest BCUT2D eigenvalue weighted by molar-refractivity contribution is -0.129. The third-order valence-electron chi connectivity index (χ3n) is 3.82. The number of benzene rings is 2. The van der Waals surface area contributed by atoms with Crippen molar-refractivity contribution in [3.63, 3.8) is 0 Å². The lowest BCUT2D eigenvalue weighted by Crippen LogP contribution is -2.06. The molecule has 0 radical (unpaired) electrons. The normalized spacial score (nSPS) is 15.1. The predicted octanol–water partition coefficient (Wildman–Crippen LogP) is 6.20. The molecule has 4 nitrogen and oxygen atoms in total. The summed E-state index contributed by atoms with van der Waals surface area (Å²) in [4.78, 5) is 16.4. The minimum absolute atomic E-state index is 0.139. The number of rotatable bonds is 3. The highest BCUT2D eigenvalue weighted by Gasteiger charge is 2.26. The summed E-state index contributed by atoms with van der Waals surface area (Å²) in [6.45, 7) is 0. The molecule has 0 spiro atoms. The monoisotopic (exact) mass is 509 g/mol. The van der Waals surface area contributed by atoms with E-state index in [1.54, 1.807) is 30.3 Å². The number of hydrogen-bond acceptors (Lipinski definition) is 4. The molecule has 0 amide bonds. The molecule has 0 saturated carbocycles. The summed E-state index contributed by atoms with van der Waals surface area (Å²) in [7, 11) is 0. The SMILES string of the molecule is O=C1OC(c2cc(I)ccc2Cl)=N/C1=C\c1ccc(-c2ccccc2Cl)o1. The molecule has 2 aromatic carbocycles. The van der Waals surface area contributed by atoms with E-state index in [0.717, 1.165) is 9.13 Å². The Bertz CT molecular complexity index is 1120. The van der Waals surface area contributed by atoms with Crippen LogP contribution in [-0.2, 0) is 9.53 Å². The number of furan rings is 1. The van der Waals surface area contributed by atoms with E-state index in [2.05, 4.69) is 27.6 Å². The maximum atomic E-state index is 12.2. The Balaban J connectivity index is 1.67. The van der Waals surface area contributed by atoms with Gasteiger partial charge in [-0.1, -0.05) is 35.3 Å². The molecule has 0 bridgehead atoms. The van der Waals surface area contributed by atoms with Crippen LogP contribution in [0.25, 0.3) is 17.4 Å². The van der Waals surface area contributed by atoms with Crippen LogP contribution in [-0.4, -0.2) is 11.9 Å². The standard InChI is InChI=1S/C20H10Cl2INO3/c21-15-4-2-1-3-13(15)18-8-6-12(26-18)10-17-20(25)27-19(24-17)14-9-11(23)5-7-16(14)22/h1-10H/b17-10-. The summed E-state index contributed by atoms with van der Waals surface area (Å²) in [5.74, 6) is 0.683. The number of halogens is 3. The van der Waals surface area contributed by atoms with Gasteiger partial charge in [0, 0.05) is 15.2 Å². The van der Waals surface area contributed by atoms with Crippen molar-refractivity contribution in [2.45, 2.75) is 0 Å². The van der Waals surface area contributed by atoms with Gasteiger partial charge in [0.25, 0.3) is 0 Å². The summed E-state index contributed by atoms with van der Waals surface area (Å²) >= 11 is 14.5. The van der Waals surface area contributed by atoms with Gasteiger partial charge in [-0.2, -0.15) is 0 Å². The molecule has 2 heterocycles. The van der Waals surface area contributed by atoms with Gasteiger partial charge in [-0.05, 0) is 65.1 Å². The molecule has 0 N–H and O–H groups in total. The molecule has 1 aromatic heterocycles. The van der Waals surface area contributed by atoms with Crippen molar-refractivity contribution in [2.24, 2.45) is 4.99 Å². The van der Waals surface area contributed by atoms with Crippen molar-refractivity contribution in [1.29, 1.82) is 0 Å². The smallest absolute Gasteiger partial charge is 0.363 e. The van der Waals surface area contributed by atoms with Crippen LogP contribution < -0.4 is 0 Å². The van der Waals surface area contributed by atoms with E-state index in [4.69, 9.17) is 32.4 Å². The summed E-state index contributed by atoms with van der Waals surface area (Å²) < 4.78 is 12.0. The van der Waals surface area contributed by atoms with Gasteiger partial charge in [0.15, 0.2) is 5.70 Å². The predicted molar refractivity (Wildman–Crippen MR) is 114 cm³/mol. The Morgan fingerprint density at radius 2 is 1.74 bits per heavy atom. The van der Waals surface area contributed by atoms with E-state index >= 15 is 0 Å². The van der Waals surface area contributed by atoms with E-state index in [-0.39, 0.29) is 11.6 Å². The molecule has 1 aliphatic heterocycles. The zero-order valence-corrected chi connectivity index (χ0v) is 17.2. The second-order valence-corrected chi connectivity index (χ2v) is 7.70. The average Bonchev–Trinajstić information content (AvgIpc) is 3.25. The van der Waals surface area contributed by atoms with Crippen LogP contribution in [0.1, 0.15) is 11.3 Å². The van der Waals surface area contributed by atoms with Crippen LogP contribution >= 0.6 is 45.8 Å². The number of ether oxygens (including phenoxy) is 1. The maximum Gasteiger partial charge on any atom is 0.363 e. The molecule has 3 aromatic rings. The fraction of sp³-hybridized carbons (Fsp3) is 0. The van der Waals surface area contributed by atoms with Crippen LogP contribution in [0.5, 0.6) is 0 Å². The van der Waals surface area contributed by atoms with Gasteiger partial charge in [-0.3, -0.25) is 0 Å². The van der Waals surface area contributed by atoms with Crippen molar-refractivity contribution in [2.75, 3.05) is 0 Å².